The molecule has 0 radical (unpaired) electrons. The average Bonchev–Trinajstić information content (AvgIpc) is 2.94. The van der Waals surface area contributed by atoms with E-state index in [2.05, 4.69) is 14.9 Å². The molecule has 1 aromatic carbocycles. The van der Waals surface area contributed by atoms with Crippen molar-refractivity contribution in [3.8, 4) is 0 Å². The minimum Gasteiger partial charge on any atom is -0.465 e. The van der Waals surface area contributed by atoms with Gasteiger partial charge in [0.15, 0.2) is 0 Å². The minimum atomic E-state index is -3.05. The van der Waals surface area contributed by atoms with Crippen LogP contribution in [0.5, 0.6) is 0 Å². The molecule has 2 aliphatic rings. The molecule has 0 saturated carbocycles. The maximum atomic E-state index is 13.3. The summed E-state index contributed by atoms with van der Waals surface area (Å²) in [5.74, 6) is -0.739. The molecule has 9 heteroatoms. The first-order valence-corrected chi connectivity index (χ1v) is 12.2. The first-order chi connectivity index (χ1) is 13.9. The third-order valence-corrected chi connectivity index (χ3v) is 7.92. The fraction of sp³-hybridized carbons (Fsp3) is 0.650. The van der Waals surface area contributed by atoms with E-state index in [1.807, 2.05) is 25.2 Å². The van der Waals surface area contributed by atoms with Gasteiger partial charge in [0.2, 0.25) is 7.37 Å². The van der Waals surface area contributed by atoms with Crippen LogP contribution in [-0.4, -0.2) is 55.9 Å². The molecule has 5 atom stereocenters. The van der Waals surface area contributed by atoms with E-state index in [0.717, 1.165) is 12.8 Å². The maximum Gasteiger partial charge on any atom is 0.313 e. The number of nitrogens with zero attached hydrogens (tertiary/aromatic N) is 4. The number of benzene rings is 1. The number of rotatable bonds is 9. The highest BCUT2D eigenvalue weighted by Crippen LogP contribution is 2.49. The van der Waals surface area contributed by atoms with Crippen LogP contribution in [0, 0.1) is 5.92 Å². The van der Waals surface area contributed by atoms with E-state index < -0.39 is 19.4 Å². The lowest BCUT2D eigenvalue weighted by atomic mass is 9.88. The van der Waals surface area contributed by atoms with Crippen molar-refractivity contribution in [1.29, 1.82) is 0 Å². The fourth-order valence-corrected chi connectivity index (χ4v) is 6.02. The van der Waals surface area contributed by atoms with Crippen LogP contribution in [0.25, 0.3) is 10.4 Å². The Balaban J connectivity index is 1.68. The van der Waals surface area contributed by atoms with E-state index in [1.54, 1.807) is 18.8 Å². The number of ether oxygens (including phenoxy) is 1. The van der Waals surface area contributed by atoms with Crippen LogP contribution in [0.4, 0.5) is 0 Å². The van der Waals surface area contributed by atoms with Gasteiger partial charge < -0.3 is 9.26 Å². The Morgan fingerprint density at radius 1 is 1.31 bits per heavy atom. The Hall–Kier alpha value is -1.85. The standard InChI is InChI=1S/C20H29N4O4P/c1-24-15-10-11-17(24)19(20(25)27-13-7-6-12-22-23-21)18(14-15)28-29(2,26)16-8-4-3-5-9-16/h3-5,8-9,15,17-19H,6-7,10-14H2,1-2H3/t15?,17?,18-,19+,29-/m0/s1. The van der Waals surface area contributed by atoms with Gasteiger partial charge in [-0.05, 0) is 56.8 Å². The summed E-state index contributed by atoms with van der Waals surface area (Å²) in [5, 5.41) is 4.15. The number of carbonyl (C=O) groups excluding carboxylic acids is 1. The predicted molar refractivity (Wildman–Crippen MR) is 111 cm³/mol. The van der Waals surface area contributed by atoms with Gasteiger partial charge in [0.05, 0.1) is 18.6 Å². The van der Waals surface area contributed by atoms with Crippen LogP contribution in [0.3, 0.4) is 0 Å². The smallest absolute Gasteiger partial charge is 0.313 e. The second-order valence-electron chi connectivity index (χ2n) is 7.88. The molecule has 3 rings (SSSR count). The monoisotopic (exact) mass is 420 g/mol. The SMILES string of the molecule is CN1C2CCC1[C@@H](C(=O)OCCCCN=[N+]=[N-])[C@@H](O[P@](C)(=O)c1ccccc1)C2. The zero-order valence-electron chi connectivity index (χ0n) is 17.0. The van der Waals surface area contributed by atoms with Crippen molar-refractivity contribution in [3.05, 3.63) is 40.8 Å². The molecule has 0 aliphatic carbocycles. The molecule has 1 aromatic rings. The van der Waals surface area contributed by atoms with Crippen LogP contribution >= 0.6 is 7.37 Å². The highest BCUT2D eigenvalue weighted by atomic mass is 31.2. The second kappa shape index (κ2) is 9.77. The van der Waals surface area contributed by atoms with Crippen molar-refractivity contribution in [3.63, 3.8) is 0 Å². The number of fused-ring (bicyclic) bond motifs is 2. The van der Waals surface area contributed by atoms with Gasteiger partial charge in [0.25, 0.3) is 0 Å². The largest absolute Gasteiger partial charge is 0.465 e. The molecule has 2 bridgehead atoms. The van der Waals surface area contributed by atoms with Crippen LogP contribution in [0.2, 0.25) is 0 Å². The van der Waals surface area contributed by atoms with Crippen molar-refractivity contribution < 1.29 is 18.6 Å². The van der Waals surface area contributed by atoms with Gasteiger partial charge in [-0.2, -0.15) is 0 Å². The molecule has 0 N–H and O–H groups in total. The Labute approximate surface area is 171 Å². The van der Waals surface area contributed by atoms with Crippen LogP contribution in [0.15, 0.2) is 35.4 Å². The summed E-state index contributed by atoms with van der Waals surface area (Å²) in [6.07, 6.45) is 3.49. The van der Waals surface area contributed by atoms with Gasteiger partial charge in [-0.1, -0.05) is 23.3 Å². The normalized spacial score (nSPS) is 28.3. The van der Waals surface area contributed by atoms with Gasteiger partial charge in [-0.25, -0.2) is 0 Å². The van der Waals surface area contributed by atoms with E-state index in [-0.39, 0.29) is 18.6 Å². The molecule has 29 heavy (non-hydrogen) atoms. The summed E-state index contributed by atoms with van der Waals surface area (Å²) in [4.78, 5) is 17.9. The van der Waals surface area contributed by atoms with E-state index in [4.69, 9.17) is 14.8 Å². The molecular formula is C20H29N4O4P. The summed E-state index contributed by atoms with van der Waals surface area (Å²) in [5.41, 5.74) is 8.30. The predicted octanol–water partition coefficient (Wildman–Crippen LogP) is 3.72. The van der Waals surface area contributed by atoms with Crippen molar-refractivity contribution in [1.82, 2.24) is 4.90 Å². The van der Waals surface area contributed by atoms with E-state index in [1.165, 1.54) is 0 Å². The molecule has 2 aliphatic heterocycles. The number of carbonyl (C=O) groups is 1. The molecule has 0 amide bonds. The highest BCUT2D eigenvalue weighted by Gasteiger charge is 2.51. The average molecular weight is 420 g/mol. The number of esters is 1. The Morgan fingerprint density at radius 3 is 2.79 bits per heavy atom. The van der Waals surface area contributed by atoms with Gasteiger partial charge in [0.1, 0.15) is 0 Å². The molecule has 2 saturated heterocycles. The quantitative estimate of drug-likeness (QED) is 0.151. The van der Waals surface area contributed by atoms with Crippen LogP contribution in [0.1, 0.15) is 32.1 Å². The molecule has 2 unspecified atom stereocenters. The van der Waals surface area contributed by atoms with E-state index in [9.17, 15) is 9.36 Å². The Morgan fingerprint density at radius 2 is 2.07 bits per heavy atom. The molecule has 2 heterocycles. The third-order valence-electron chi connectivity index (χ3n) is 6.01. The first-order valence-electron chi connectivity index (χ1n) is 10.1. The Bertz CT molecular complexity index is 799. The fourth-order valence-electron chi connectivity index (χ4n) is 4.45. The van der Waals surface area contributed by atoms with Gasteiger partial charge in [0, 0.05) is 35.5 Å². The van der Waals surface area contributed by atoms with Gasteiger partial charge >= 0.3 is 5.97 Å². The number of piperidine rings is 1. The third kappa shape index (κ3) is 5.20. The van der Waals surface area contributed by atoms with Gasteiger partial charge in [-0.3, -0.25) is 14.3 Å². The molecule has 0 aromatic heterocycles. The lowest BCUT2D eigenvalue weighted by molar-refractivity contribution is -0.157. The number of azide groups is 1. The molecule has 2 fully saturated rings. The van der Waals surface area contributed by atoms with Gasteiger partial charge in [-0.15, -0.1) is 0 Å². The van der Waals surface area contributed by atoms with Crippen molar-refractivity contribution in [2.24, 2.45) is 11.0 Å². The summed E-state index contributed by atoms with van der Waals surface area (Å²) in [6.45, 7) is 2.30. The zero-order chi connectivity index (χ0) is 20.9. The maximum absolute atomic E-state index is 13.3. The summed E-state index contributed by atoms with van der Waals surface area (Å²) >= 11 is 0. The van der Waals surface area contributed by atoms with E-state index >= 15 is 0 Å². The lowest BCUT2D eigenvalue weighted by Crippen LogP contribution is -2.53. The summed E-state index contributed by atoms with van der Waals surface area (Å²) < 4.78 is 25.0. The van der Waals surface area contributed by atoms with Crippen LogP contribution < -0.4 is 5.30 Å². The lowest BCUT2D eigenvalue weighted by Gasteiger charge is -2.42. The minimum absolute atomic E-state index is 0.0465. The van der Waals surface area contributed by atoms with E-state index in [0.29, 0.717) is 37.2 Å². The molecule has 0 spiro atoms. The van der Waals surface area contributed by atoms with Crippen molar-refractivity contribution >= 4 is 18.6 Å². The summed E-state index contributed by atoms with van der Waals surface area (Å²) in [6, 6.07) is 9.56. The Kier molecular flexibility index (Phi) is 7.36. The zero-order valence-corrected chi connectivity index (χ0v) is 17.9. The topological polar surface area (TPSA) is 105 Å². The summed E-state index contributed by atoms with van der Waals surface area (Å²) in [7, 11) is -1.01. The molecule has 8 nitrogen and oxygen atoms in total. The number of hydrogen-bond acceptors (Lipinski definition) is 6. The van der Waals surface area contributed by atoms with Crippen molar-refractivity contribution in [2.45, 2.75) is 50.3 Å². The number of unbranched alkanes of at least 4 members (excludes halogenated alkanes) is 1. The first kappa shape index (κ1) is 21.8. The van der Waals surface area contributed by atoms with Crippen LogP contribution in [-0.2, 0) is 18.6 Å². The molecule has 158 valence electrons. The second-order valence-corrected chi connectivity index (χ2v) is 10.3. The highest BCUT2D eigenvalue weighted by molar-refractivity contribution is 7.66. The van der Waals surface area contributed by atoms with Crippen molar-refractivity contribution in [2.75, 3.05) is 26.9 Å². The molecular weight excluding hydrogens is 391 g/mol. The number of hydrogen-bond donors (Lipinski definition) is 0.